The number of benzene rings is 1. The minimum atomic E-state index is -1.52. The minimum Gasteiger partial charge on any atom is -0.394 e. The fourth-order valence-electron chi connectivity index (χ4n) is 4.95. The molecule has 51 heavy (non-hydrogen) atoms. The zero-order valence-electron chi connectivity index (χ0n) is 28.3. The van der Waals surface area contributed by atoms with Crippen LogP contribution in [0.3, 0.4) is 0 Å². The molecule has 0 aliphatic carbocycles. The predicted octanol–water partition coefficient (Wildman–Crippen LogP) is -4.13. The van der Waals surface area contributed by atoms with E-state index in [1.807, 2.05) is 0 Å². The normalized spacial score (nSPS) is 28.0. The van der Waals surface area contributed by atoms with Gasteiger partial charge in [0.25, 0.3) is 11.8 Å². The summed E-state index contributed by atoms with van der Waals surface area (Å²) in [5.41, 5.74) is 0.611. The van der Waals surface area contributed by atoms with E-state index in [0.29, 0.717) is 11.1 Å². The number of amides is 2. The van der Waals surface area contributed by atoms with Crippen LogP contribution in [0.1, 0.15) is 27.1 Å². The SMILES string of the molecule is O=C(NCCOCCOCCOC1O[C@H](CO)C(O)C[C@@H]1O)c1cccc(C(=O)NCCOCCOCCO[C@H]2OC(CO)[C@@H](O)C(O)C2O)c1. The number of nitrogens with one attached hydrogen (secondary N) is 2. The molecular weight excluding hydrogens is 684 g/mol. The largest absolute Gasteiger partial charge is 0.394 e. The van der Waals surface area contributed by atoms with Crippen molar-refractivity contribution >= 4 is 11.8 Å². The van der Waals surface area contributed by atoms with Gasteiger partial charge in [-0.2, -0.15) is 0 Å². The van der Waals surface area contributed by atoms with Gasteiger partial charge in [0.2, 0.25) is 0 Å². The third-order valence-electron chi connectivity index (χ3n) is 7.78. The van der Waals surface area contributed by atoms with E-state index in [1.165, 1.54) is 6.07 Å². The second kappa shape index (κ2) is 24.0. The van der Waals surface area contributed by atoms with Gasteiger partial charge < -0.3 is 84.3 Å². The molecule has 2 aliphatic rings. The monoisotopic (exact) mass is 736 g/mol. The Morgan fingerprint density at radius 3 is 1.61 bits per heavy atom. The lowest BCUT2D eigenvalue weighted by atomic mass is 9.99. The van der Waals surface area contributed by atoms with Gasteiger partial charge >= 0.3 is 0 Å². The van der Waals surface area contributed by atoms with Crippen LogP contribution in [0.25, 0.3) is 0 Å². The third kappa shape index (κ3) is 14.8. The van der Waals surface area contributed by atoms with E-state index in [-0.39, 0.29) is 104 Å². The molecule has 0 saturated carbocycles. The van der Waals surface area contributed by atoms with Crippen LogP contribution in [0.5, 0.6) is 0 Å². The van der Waals surface area contributed by atoms with E-state index >= 15 is 0 Å². The molecule has 1 aromatic carbocycles. The van der Waals surface area contributed by atoms with Crippen molar-refractivity contribution in [3.05, 3.63) is 35.4 Å². The Bertz CT molecular complexity index is 1130. The number of hydrogen-bond acceptors (Lipinski definition) is 17. The summed E-state index contributed by atoms with van der Waals surface area (Å²) in [6.07, 6.45) is -10.4. The first kappa shape index (κ1) is 43.0. The van der Waals surface area contributed by atoms with Crippen molar-refractivity contribution in [2.45, 2.75) is 61.7 Å². The van der Waals surface area contributed by atoms with E-state index in [4.69, 9.17) is 37.9 Å². The standard InChI is InChI=1S/C32H52N2O17/c35-18-24-22(37)17-23(38)31(50-24)48-14-12-46-10-8-44-6-4-33-29(42)20-2-1-3-21(16-20)30(43)34-5-7-45-9-11-47-13-15-49-32-28(41)27(40)26(39)25(19-36)51-32/h1-3,16,22-28,31-32,35-41H,4-15,17-19H2,(H,33,42)(H,34,43)/t22?,23-,24+,25?,26+,27?,28?,31?,32-/m0/s1. The Morgan fingerprint density at radius 2 is 1.08 bits per heavy atom. The molecule has 0 aromatic heterocycles. The number of aliphatic hydroxyl groups is 7. The second-order valence-corrected chi connectivity index (χ2v) is 11.6. The number of ether oxygens (including phenoxy) is 8. The lowest BCUT2D eigenvalue weighted by molar-refractivity contribution is -0.302. The summed E-state index contributed by atoms with van der Waals surface area (Å²) in [6.45, 7) is 1.47. The van der Waals surface area contributed by atoms with Gasteiger partial charge in [0.1, 0.15) is 36.6 Å². The Hall–Kier alpha value is -2.44. The van der Waals surface area contributed by atoms with Gasteiger partial charge in [-0.3, -0.25) is 9.59 Å². The van der Waals surface area contributed by atoms with Gasteiger partial charge in [-0.15, -0.1) is 0 Å². The van der Waals surface area contributed by atoms with Crippen LogP contribution in [-0.4, -0.2) is 195 Å². The highest BCUT2D eigenvalue weighted by atomic mass is 16.7. The highest BCUT2D eigenvalue weighted by Gasteiger charge is 2.44. The molecule has 2 fully saturated rings. The average Bonchev–Trinajstić information content (AvgIpc) is 3.13. The maximum Gasteiger partial charge on any atom is 0.251 e. The van der Waals surface area contributed by atoms with Crippen molar-refractivity contribution in [1.82, 2.24) is 10.6 Å². The Morgan fingerprint density at radius 1 is 0.608 bits per heavy atom. The second-order valence-electron chi connectivity index (χ2n) is 11.6. The fourth-order valence-corrected chi connectivity index (χ4v) is 4.95. The first-order valence-corrected chi connectivity index (χ1v) is 16.8. The highest BCUT2D eigenvalue weighted by Crippen LogP contribution is 2.22. The molecule has 2 amide bonds. The molecule has 2 saturated heterocycles. The summed E-state index contributed by atoms with van der Waals surface area (Å²) in [5.74, 6) is -0.745. The first-order chi connectivity index (χ1) is 24.7. The Balaban J connectivity index is 1.16. The molecule has 1 aromatic rings. The van der Waals surface area contributed by atoms with Crippen molar-refractivity contribution in [3.63, 3.8) is 0 Å². The fraction of sp³-hybridized carbons (Fsp3) is 0.750. The molecule has 5 unspecified atom stereocenters. The van der Waals surface area contributed by atoms with E-state index in [1.54, 1.807) is 18.2 Å². The summed E-state index contributed by atoms with van der Waals surface area (Å²) >= 11 is 0. The van der Waals surface area contributed by atoms with E-state index in [0.717, 1.165) is 0 Å². The molecular formula is C32H52N2O17. The summed E-state index contributed by atoms with van der Waals surface area (Å²) < 4.78 is 43.0. The molecule has 19 nitrogen and oxygen atoms in total. The number of aliphatic hydroxyl groups excluding tert-OH is 7. The zero-order valence-corrected chi connectivity index (χ0v) is 28.3. The summed E-state index contributed by atoms with van der Waals surface area (Å²) in [4.78, 5) is 25.1. The van der Waals surface area contributed by atoms with E-state index in [9.17, 15) is 45.3 Å². The van der Waals surface area contributed by atoms with Crippen molar-refractivity contribution in [1.29, 1.82) is 0 Å². The van der Waals surface area contributed by atoms with Crippen molar-refractivity contribution in [2.75, 3.05) is 92.4 Å². The Kier molecular flexibility index (Phi) is 20.2. The quantitative estimate of drug-likeness (QED) is 0.0456. The van der Waals surface area contributed by atoms with E-state index in [2.05, 4.69) is 10.6 Å². The van der Waals surface area contributed by atoms with E-state index < -0.39 is 61.9 Å². The molecule has 292 valence electrons. The number of hydrogen-bond donors (Lipinski definition) is 9. The van der Waals surface area contributed by atoms with Crippen molar-refractivity contribution < 1.29 is 83.2 Å². The van der Waals surface area contributed by atoms with Gasteiger partial charge in [0, 0.05) is 30.6 Å². The average molecular weight is 737 g/mol. The van der Waals surface area contributed by atoms with Crippen molar-refractivity contribution in [3.8, 4) is 0 Å². The first-order valence-electron chi connectivity index (χ1n) is 16.8. The molecule has 3 rings (SSSR count). The Labute approximate surface area is 295 Å². The van der Waals surface area contributed by atoms with Crippen LogP contribution >= 0.6 is 0 Å². The van der Waals surface area contributed by atoms with Crippen LogP contribution < -0.4 is 10.6 Å². The number of rotatable bonds is 24. The highest BCUT2D eigenvalue weighted by molar-refractivity contribution is 5.99. The van der Waals surface area contributed by atoms with Gasteiger partial charge in [-0.25, -0.2) is 0 Å². The predicted molar refractivity (Wildman–Crippen MR) is 172 cm³/mol. The molecule has 0 spiro atoms. The van der Waals surface area contributed by atoms with Gasteiger partial charge in [0.05, 0.1) is 85.4 Å². The molecule has 0 radical (unpaired) electrons. The zero-order chi connectivity index (χ0) is 37.0. The van der Waals surface area contributed by atoms with Gasteiger partial charge in [-0.1, -0.05) is 6.07 Å². The molecule has 2 aliphatic heterocycles. The summed E-state index contributed by atoms with van der Waals surface area (Å²) in [5, 5.41) is 73.0. The maximum absolute atomic E-state index is 12.5. The molecule has 19 heteroatoms. The molecule has 9 atom stereocenters. The summed E-state index contributed by atoms with van der Waals surface area (Å²) in [6, 6.07) is 6.25. The molecule has 2 heterocycles. The minimum absolute atomic E-state index is 0.0184. The van der Waals surface area contributed by atoms with Crippen LogP contribution in [0, 0.1) is 0 Å². The molecule has 0 bridgehead atoms. The maximum atomic E-state index is 12.5. The van der Waals surface area contributed by atoms with Crippen LogP contribution in [0.2, 0.25) is 0 Å². The topological polar surface area (TPSA) is 274 Å². The smallest absolute Gasteiger partial charge is 0.251 e. The lowest BCUT2D eigenvalue weighted by Crippen LogP contribution is -2.59. The molecule has 9 N–H and O–H groups in total. The third-order valence-corrected chi connectivity index (χ3v) is 7.78. The summed E-state index contributed by atoms with van der Waals surface area (Å²) in [7, 11) is 0. The van der Waals surface area contributed by atoms with Crippen LogP contribution in [0.15, 0.2) is 24.3 Å². The van der Waals surface area contributed by atoms with Gasteiger partial charge in [-0.05, 0) is 18.2 Å². The number of carbonyl (C=O) groups excluding carboxylic acids is 2. The lowest BCUT2D eigenvalue weighted by Gasteiger charge is -2.39. The van der Waals surface area contributed by atoms with Crippen LogP contribution in [-0.2, 0) is 37.9 Å². The van der Waals surface area contributed by atoms with Gasteiger partial charge in [0.15, 0.2) is 12.6 Å². The van der Waals surface area contributed by atoms with Crippen LogP contribution in [0.4, 0.5) is 0 Å². The number of carbonyl (C=O) groups is 2. The van der Waals surface area contributed by atoms with Crippen molar-refractivity contribution in [2.24, 2.45) is 0 Å².